The molecule has 7 nitrogen and oxygen atoms in total. The van der Waals surface area contributed by atoms with Crippen LogP contribution in [0, 0.1) is 0 Å². The first-order valence-electron chi connectivity index (χ1n) is 11.6. The number of aromatic nitrogens is 1. The van der Waals surface area contributed by atoms with Gasteiger partial charge in [-0.05, 0) is 28.8 Å². The molecule has 0 saturated carbocycles. The van der Waals surface area contributed by atoms with E-state index < -0.39 is 12.1 Å². The lowest BCUT2D eigenvalue weighted by Crippen LogP contribution is -2.55. The van der Waals surface area contributed by atoms with Gasteiger partial charge in [0.05, 0.1) is 0 Å². The molecule has 0 aliphatic carbocycles. The zero-order valence-electron chi connectivity index (χ0n) is 19.2. The summed E-state index contributed by atoms with van der Waals surface area (Å²) in [6.45, 7) is 3.80. The van der Waals surface area contributed by atoms with Crippen LogP contribution in [0.3, 0.4) is 0 Å². The van der Waals surface area contributed by atoms with E-state index in [1.54, 1.807) is 12.4 Å². The highest BCUT2D eigenvalue weighted by Crippen LogP contribution is 2.12. The number of hydrogen-bond acceptors (Lipinski definition) is 5. The summed E-state index contributed by atoms with van der Waals surface area (Å²) in [5.41, 5.74) is 3.09. The summed E-state index contributed by atoms with van der Waals surface area (Å²) in [4.78, 5) is 34.2. The van der Waals surface area contributed by atoms with Gasteiger partial charge in [-0.15, -0.1) is 0 Å². The van der Waals surface area contributed by atoms with Crippen molar-refractivity contribution in [3.63, 3.8) is 0 Å². The highest BCUT2D eigenvalue weighted by molar-refractivity contribution is 5.86. The summed E-state index contributed by atoms with van der Waals surface area (Å²) < 4.78 is 5.38. The Hall–Kier alpha value is -3.71. The van der Waals surface area contributed by atoms with Crippen LogP contribution in [0.15, 0.2) is 85.2 Å². The topological polar surface area (TPSA) is 74.8 Å². The third-order valence-corrected chi connectivity index (χ3v) is 5.93. The predicted molar refractivity (Wildman–Crippen MR) is 130 cm³/mol. The molecule has 2 amide bonds. The van der Waals surface area contributed by atoms with Crippen molar-refractivity contribution in [1.82, 2.24) is 20.1 Å². The fraction of sp³-hybridized carbons (Fsp3) is 0.296. The van der Waals surface area contributed by atoms with E-state index in [2.05, 4.69) is 15.2 Å². The average molecular weight is 459 g/mol. The maximum Gasteiger partial charge on any atom is 0.408 e. The Morgan fingerprint density at radius 2 is 1.44 bits per heavy atom. The molecule has 1 saturated heterocycles. The summed E-state index contributed by atoms with van der Waals surface area (Å²) in [7, 11) is 0. The number of ether oxygens (including phenoxy) is 1. The van der Waals surface area contributed by atoms with Crippen molar-refractivity contribution in [3.05, 3.63) is 102 Å². The van der Waals surface area contributed by atoms with E-state index >= 15 is 0 Å². The quantitative estimate of drug-likeness (QED) is 0.561. The number of pyridine rings is 1. The van der Waals surface area contributed by atoms with Crippen LogP contribution in [0.1, 0.15) is 16.7 Å². The molecule has 1 N–H and O–H groups in total. The van der Waals surface area contributed by atoms with Crippen LogP contribution in [0.2, 0.25) is 0 Å². The molecule has 34 heavy (non-hydrogen) atoms. The molecular weight excluding hydrogens is 428 g/mol. The normalized spacial score (nSPS) is 14.9. The molecule has 1 unspecified atom stereocenters. The number of piperazine rings is 1. The largest absolute Gasteiger partial charge is 0.445 e. The molecular formula is C27H30N4O3. The molecule has 7 heteroatoms. The number of hydrogen-bond donors (Lipinski definition) is 1. The van der Waals surface area contributed by atoms with Gasteiger partial charge in [-0.2, -0.15) is 0 Å². The van der Waals surface area contributed by atoms with Crippen LogP contribution in [0.5, 0.6) is 0 Å². The maximum absolute atomic E-state index is 13.4. The van der Waals surface area contributed by atoms with E-state index in [0.29, 0.717) is 19.5 Å². The van der Waals surface area contributed by atoms with Gasteiger partial charge in [0.25, 0.3) is 0 Å². The lowest BCUT2D eigenvalue weighted by atomic mass is 10.0. The van der Waals surface area contributed by atoms with E-state index in [1.165, 1.54) is 5.56 Å². The molecule has 1 aliphatic heterocycles. The molecule has 3 aromatic rings. The molecule has 176 valence electrons. The second-order valence-electron chi connectivity index (χ2n) is 8.41. The molecule has 0 spiro atoms. The summed E-state index contributed by atoms with van der Waals surface area (Å²) in [5, 5.41) is 2.81. The number of nitrogens with zero attached hydrogens (tertiary/aromatic N) is 3. The number of amides is 2. The number of carbonyl (C=O) groups is 2. The number of alkyl carbamates (subject to hydrolysis) is 1. The fourth-order valence-corrected chi connectivity index (χ4v) is 4.05. The van der Waals surface area contributed by atoms with Crippen molar-refractivity contribution in [2.75, 3.05) is 26.2 Å². The third kappa shape index (κ3) is 6.89. The highest BCUT2D eigenvalue weighted by atomic mass is 16.5. The highest BCUT2D eigenvalue weighted by Gasteiger charge is 2.29. The Bertz CT molecular complexity index is 1040. The average Bonchev–Trinajstić information content (AvgIpc) is 2.89. The minimum Gasteiger partial charge on any atom is -0.445 e. The molecule has 4 rings (SSSR count). The van der Waals surface area contributed by atoms with Gasteiger partial charge < -0.3 is 15.0 Å². The fourth-order valence-electron chi connectivity index (χ4n) is 4.05. The molecule has 0 bridgehead atoms. The van der Waals surface area contributed by atoms with Crippen molar-refractivity contribution in [3.8, 4) is 0 Å². The Labute approximate surface area is 200 Å². The van der Waals surface area contributed by atoms with E-state index in [1.807, 2.05) is 77.7 Å². The molecule has 1 aromatic heterocycles. The lowest BCUT2D eigenvalue weighted by molar-refractivity contribution is -0.135. The Balaban J connectivity index is 1.35. The van der Waals surface area contributed by atoms with Gasteiger partial charge in [0.2, 0.25) is 5.91 Å². The van der Waals surface area contributed by atoms with Crippen LogP contribution in [-0.4, -0.2) is 59.0 Å². The number of benzene rings is 2. The van der Waals surface area contributed by atoms with E-state index in [0.717, 1.165) is 30.8 Å². The summed E-state index contributed by atoms with van der Waals surface area (Å²) >= 11 is 0. The van der Waals surface area contributed by atoms with Gasteiger partial charge in [-0.25, -0.2) is 4.79 Å². The Morgan fingerprint density at radius 3 is 2.09 bits per heavy atom. The van der Waals surface area contributed by atoms with Crippen molar-refractivity contribution >= 4 is 12.0 Å². The number of rotatable bonds is 8. The van der Waals surface area contributed by atoms with Crippen molar-refractivity contribution in [1.29, 1.82) is 0 Å². The molecule has 2 aromatic carbocycles. The summed E-state index contributed by atoms with van der Waals surface area (Å²) in [6, 6.07) is 22.6. The van der Waals surface area contributed by atoms with Gasteiger partial charge in [0.15, 0.2) is 0 Å². The lowest BCUT2D eigenvalue weighted by Gasteiger charge is -2.36. The summed E-state index contributed by atoms with van der Waals surface area (Å²) in [6.07, 6.45) is 3.42. The van der Waals surface area contributed by atoms with E-state index in [4.69, 9.17) is 4.74 Å². The molecule has 1 fully saturated rings. The molecule has 2 heterocycles. The Morgan fingerprint density at radius 1 is 0.824 bits per heavy atom. The minimum absolute atomic E-state index is 0.0796. The number of carbonyl (C=O) groups excluding carboxylic acids is 2. The van der Waals surface area contributed by atoms with Crippen LogP contribution < -0.4 is 5.32 Å². The van der Waals surface area contributed by atoms with Crippen LogP contribution in [0.4, 0.5) is 4.79 Å². The zero-order chi connectivity index (χ0) is 23.6. The van der Waals surface area contributed by atoms with Gasteiger partial charge in [-0.3, -0.25) is 14.7 Å². The molecule has 1 aliphatic rings. The molecule has 0 radical (unpaired) electrons. The van der Waals surface area contributed by atoms with Crippen LogP contribution in [-0.2, 0) is 29.1 Å². The Kier molecular flexibility index (Phi) is 8.24. The minimum atomic E-state index is -0.683. The second kappa shape index (κ2) is 12.0. The monoisotopic (exact) mass is 458 g/mol. The van der Waals surface area contributed by atoms with Crippen molar-refractivity contribution < 1.29 is 14.3 Å². The van der Waals surface area contributed by atoms with Crippen LogP contribution >= 0.6 is 0 Å². The summed E-state index contributed by atoms with van der Waals surface area (Å²) in [5.74, 6) is -0.0796. The first kappa shape index (κ1) is 23.4. The first-order chi connectivity index (χ1) is 16.7. The van der Waals surface area contributed by atoms with Crippen LogP contribution in [0.25, 0.3) is 0 Å². The van der Waals surface area contributed by atoms with Gasteiger partial charge in [0, 0.05) is 51.5 Å². The van der Waals surface area contributed by atoms with E-state index in [9.17, 15) is 9.59 Å². The standard InChI is InChI=1S/C27H30N4O3/c32-26(31-17-15-30(16-18-31)20-23-11-13-28-14-12-23)25(19-22-7-3-1-4-8-22)29-27(33)34-21-24-9-5-2-6-10-24/h1-14,25H,15-21H2,(H,29,33). The van der Waals surface area contributed by atoms with Gasteiger partial charge in [-0.1, -0.05) is 60.7 Å². The maximum atomic E-state index is 13.4. The zero-order valence-corrected chi connectivity index (χ0v) is 19.2. The van der Waals surface area contributed by atoms with Gasteiger partial charge >= 0.3 is 6.09 Å². The second-order valence-corrected chi connectivity index (χ2v) is 8.41. The smallest absolute Gasteiger partial charge is 0.408 e. The first-order valence-corrected chi connectivity index (χ1v) is 11.6. The third-order valence-electron chi connectivity index (χ3n) is 5.93. The molecule has 1 atom stereocenters. The van der Waals surface area contributed by atoms with E-state index in [-0.39, 0.29) is 12.5 Å². The predicted octanol–water partition coefficient (Wildman–Crippen LogP) is 3.26. The van der Waals surface area contributed by atoms with Gasteiger partial charge in [0.1, 0.15) is 12.6 Å². The SMILES string of the molecule is O=C(NC(Cc1ccccc1)C(=O)N1CCN(Cc2ccncc2)CC1)OCc1ccccc1. The van der Waals surface area contributed by atoms with Crippen molar-refractivity contribution in [2.45, 2.75) is 25.6 Å². The van der Waals surface area contributed by atoms with Crippen molar-refractivity contribution in [2.24, 2.45) is 0 Å². The number of nitrogens with one attached hydrogen (secondary N) is 1.